The van der Waals surface area contributed by atoms with Crippen molar-refractivity contribution in [1.82, 2.24) is 30.6 Å². The number of aliphatic imine (C=N–C) groups is 1. The molecular weight excluding hydrogens is 649 g/mol. The van der Waals surface area contributed by atoms with Crippen LogP contribution in [0.25, 0.3) is 5.14 Å². The number of amides is 2. The van der Waals surface area contributed by atoms with Gasteiger partial charge in [-0.05, 0) is 12.8 Å². The zero-order chi connectivity index (χ0) is 30.2. The van der Waals surface area contributed by atoms with Crippen molar-refractivity contribution in [2.45, 2.75) is 33.8 Å². The van der Waals surface area contributed by atoms with Gasteiger partial charge in [0.1, 0.15) is 10.0 Å². The normalized spacial score (nSPS) is 11.9. The third-order valence-electron chi connectivity index (χ3n) is 2.74. The number of nitrogens with one attached hydrogen (secondary N) is 3. The Morgan fingerprint density at radius 1 is 0.744 bits per heavy atom. The number of aromatic nitrogens is 6. The number of hydrogen-bond acceptors (Lipinski definition) is 19. The highest BCUT2D eigenvalue weighted by atomic mass is 32.3. The predicted molar refractivity (Wildman–Crippen MR) is 135 cm³/mol. The third kappa shape index (κ3) is 12.9. The number of nitrogens with two attached hydrogens (primary N) is 2. The average Bonchev–Trinajstić information content (AvgIpc) is 3.47. The second-order valence-electron chi connectivity index (χ2n) is 6.18. The molecule has 0 aliphatic carbocycles. The SMILES string of the molecule is CC(=O)Nc1nnc(S(N)(=O)=O)s1.CC(=O)Nc1nnc(S([NH-])(=O)=O)s1.CC([O-])=Nc1nnc(S(N)(=O)=O)s1. The maximum Gasteiger partial charge on any atom is 0.267 e. The van der Waals surface area contributed by atoms with E-state index >= 15 is 0 Å². The summed E-state index contributed by atoms with van der Waals surface area (Å²) in [5.74, 6) is -1.20. The zero-order valence-corrected chi connectivity index (χ0v) is 24.3. The first-order valence-corrected chi connectivity index (χ1v) is 16.0. The van der Waals surface area contributed by atoms with Crippen molar-refractivity contribution in [3.8, 4) is 0 Å². The Bertz CT molecular complexity index is 1590. The van der Waals surface area contributed by atoms with E-state index in [2.05, 4.69) is 46.2 Å². The lowest BCUT2D eigenvalue weighted by Crippen LogP contribution is -2.11. The number of carbonyl (C=O) groups excluding carboxylic acids is 2. The molecule has 216 valence electrons. The van der Waals surface area contributed by atoms with Gasteiger partial charge in [0.2, 0.25) is 40.2 Å². The molecule has 0 saturated heterocycles. The molecule has 3 aromatic rings. The topological polar surface area (TPSA) is 349 Å². The van der Waals surface area contributed by atoms with Gasteiger partial charge in [-0.1, -0.05) is 34.0 Å². The van der Waals surface area contributed by atoms with Crippen molar-refractivity contribution in [2.24, 2.45) is 15.3 Å². The van der Waals surface area contributed by atoms with Crippen LogP contribution in [0.2, 0.25) is 0 Å². The molecular formula is C12H16N12O9S6-2. The molecule has 0 unspecified atom stereocenters. The van der Waals surface area contributed by atoms with E-state index in [9.17, 15) is 39.9 Å². The molecule has 0 saturated carbocycles. The van der Waals surface area contributed by atoms with E-state index in [0.29, 0.717) is 34.0 Å². The summed E-state index contributed by atoms with van der Waals surface area (Å²) in [7, 11) is -11.7. The van der Waals surface area contributed by atoms with Crippen molar-refractivity contribution in [1.29, 1.82) is 0 Å². The lowest BCUT2D eigenvalue weighted by atomic mass is 10.7. The fourth-order valence-corrected chi connectivity index (χ4v) is 5.61. The first-order valence-electron chi connectivity index (χ1n) is 9.01. The number of hydrogen-bond donors (Lipinski definition) is 4. The molecule has 0 fully saturated rings. The van der Waals surface area contributed by atoms with Gasteiger partial charge < -0.3 is 20.9 Å². The molecule has 2 amide bonds. The standard InChI is InChI=1S/3C4H6N4O3S2/c3*1-2(9)6-3-7-8-4(12-3)13(5,10)11/h2*1H3,(H2,5,10,11)(H,6,7,9);1H3,(H3,5,6,7,9,10,11)/p-2. The second-order valence-corrected chi connectivity index (χ2v) is 14.2. The summed E-state index contributed by atoms with van der Waals surface area (Å²) in [4.78, 5) is 24.4. The van der Waals surface area contributed by atoms with E-state index in [1.807, 2.05) is 0 Å². The van der Waals surface area contributed by atoms with Gasteiger partial charge in [-0.2, -0.15) is 0 Å². The molecule has 0 aliphatic rings. The molecule has 27 heteroatoms. The van der Waals surface area contributed by atoms with Gasteiger partial charge >= 0.3 is 0 Å². The maximum absolute atomic E-state index is 10.7. The molecule has 7 N–H and O–H groups in total. The van der Waals surface area contributed by atoms with Crippen LogP contribution in [0.1, 0.15) is 20.8 Å². The Morgan fingerprint density at radius 3 is 1.44 bits per heavy atom. The van der Waals surface area contributed by atoms with E-state index in [4.69, 9.17) is 15.4 Å². The summed E-state index contributed by atoms with van der Waals surface area (Å²) in [5, 5.41) is 51.2. The second kappa shape index (κ2) is 13.7. The summed E-state index contributed by atoms with van der Waals surface area (Å²) < 4.78 is 62.9. The first kappa shape index (κ1) is 33.8. The van der Waals surface area contributed by atoms with Crippen molar-refractivity contribution < 1.29 is 39.9 Å². The van der Waals surface area contributed by atoms with Gasteiger partial charge in [0.15, 0.2) is 0 Å². The summed E-state index contributed by atoms with van der Waals surface area (Å²) in [5.41, 5.74) is 0. The molecule has 0 atom stereocenters. The Morgan fingerprint density at radius 2 is 1.13 bits per heavy atom. The van der Waals surface area contributed by atoms with Crippen LogP contribution in [0, 0.1) is 0 Å². The highest BCUT2D eigenvalue weighted by Gasteiger charge is 2.15. The van der Waals surface area contributed by atoms with Crippen LogP contribution < -0.4 is 26.0 Å². The van der Waals surface area contributed by atoms with Crippen LogP contribution in [-0.4, -0.2) is 73.6 Å². The summed E-state index contributed by atoms with van der Waals surface area (Å²) in [6.45, 7) is 3.76. The van der Waals surface area contributed by atoms with Crippen molar-refractivity contribution in [2.75, 3.05) is 10.6 Å². The van der Waals surface area contributed by atoms with Crippen LogP contribution in [0.15, 0.2) is 18.0 Å². The third-order valence-corrected chi connectivity index (χ3v) is 9.10. The van der Waals surface area contributed by atoms with Crippen molar-refractivity contribution in [3.05, 3.63) is 5.14 Å². The van der Waals surface area contributed by atoms with Gasteiger partial charge in [-0.25, -0.2) is 40.5 Å². The van der Waals surface area contributed by atoms with E-state index in [1.165, 1.54) is 20.8 Å². The Balaban J connectivity index is 0.000000292. The Kier molecular flexibility index (Phi) is 11.9. The molecule has 0 radical (unpaired) electrons. The predicted octanol–water partition coefficient (Wildman–Crippen LogP) is -2.02. The quantitative estimate of drug-likeness (QED) is 0.125. The number of carbonyl (C=O) groups is 2. The van der Waals surface area contributed by atoms with E-state index < -0.39 is 40.3 Å². The minimum atomic E-state index is -4.07. The van der Waals surface area contributed by atoms with E-state index in [1.54, 1.807) is 0 Å². The summed E-state index contributed by atoms with van der Waals surface area (Å²) >= 11 is 1.98. The number of rotatable bonds is 6. The number of anilines is 2. The molecule has 0 aliphatic heterocycles. The monoisotopic (exact) mass is 664 g/mol. The Hall–Kier alpha value is -3.18. The fraction of sp³-hybridized carbons (Fsp3) is 0.250. The van der Waals surface area contributed by atoms with Gasteiger partial charge in [-0.3, -0.25) is 9.59 Å². The zero-order valence-electron chi connectivity index (χ0n) is 19.4. The van der Waals surface area contributed by atoms with Crippen LogP contribution >= 0.6 is 34.0 Å². The molecule has 3 aromatic heterocycles. The van der Waals surface area contributed by atoms with Gasteiger partial charge in [0.25, 0.3) is 20.0 Å². The summed E-state index contributed by atoms with van der Waals surface area (Å²) in [6, 6.07) is 0. The first-order chi connectivity index (χ1) is 17.7. The molecule has 3 rings (SSSR count). The minimum absolute atomic E-state index is 0.0171. The summed E-state index contributed by atoms with van der Waals surface area (Å²) in [6.07, 6.45) is 0. The minimum Gasteiger partial charge on any atom is -0.862 e. The average molecular weight is 665 g/mol. The lowest BCUT2D eigenvalue weighted by Gasteiger charge is -1.97. The number of primary sulfonamides is 2. The Labute approximate surface area is 231 Å². The fourth-order valence-electron chi connectivity index (χ4n) is 1.54. The maximum atomic E-state index is 10.7. The number of sulfonamides is 3. The van der Waals surface area contributed by atoms with Gasteiger partial charge in [0, 0.05) is 13.8 Å². The number of nitrogens with zero attached hydrogens (tertiary/aromatic N) is 7. The molecule has 0 spiro atoms. The van der Waals surface area contributed by atoms with Crippen LogP contribution in [-0.2, 0) is 39.7 Å². The molecule has 0 aromatic carbocycles. The van der Waals surface area contributed by atoms with Gasteiger partial charge in [0.05, 0.1) is 0 Å². The van der Waals surface area contributed by atoms with Crippen LogP contribution in [0.3, 0.4) is 0 Å². The van der Waals surface area contributed by atoms with Crippen molar-refractivity contribution >= 4 is 97.2 Å². The van der Waals surface area contributed by atoms with Crippen LogP contribution in [0.5, 0.6) is 0 Å². The highest BCUT2D eigenvalue weighted by Crippen LogP contribution is 2.21. The molecule has 39 heavy (non-hydrogen) atoms. The molecule has 3 heterocycles. The largest absolute Gasteiger partial charge is 0.862 e. The molecule has 0 bridgehead atoms. The van der Waals surface area contributed by atoms with E-state index in [0.717, 1.165) is 0 Å². The lowest BCUT2D eigenvalue weighted by molar-refractivity contribution is -0.215. The van der Waals surface area contributed by atoms with Crippen molar-refractivity contribution in [3.63, 3.8) is 0 Å². The van der Waals surface area contributed by atoms with E-state index in [-0.39, 0.29) is 35.9 Å². The van der Waals surface area contributed by atoms with Gasteiger partial charge in [-0.15, -0.1) is 30.6 Å². The highest BCUT2D eigenvalue weighted by molar-refractivity contribution is 7.95. The van der Waals surface area contributed by atoms with Crippen LogP contribution in [0.4, 0.5) is 15.4 Å². The smallest absolute Gasteiger partial charge is 0.267 e. The molecule has 21 nitrogen and oxygen atoms in total.